The second-order valence-electron chi connectivity index (χ2n) is 13.3. The van der Waals surface area contributed by atoms with Crippen LogP contribution in [0.2, 0.25) is 0 Å². The van der Waals surface area contributed by atoms with Gasteiger partial charge in [-0.2, -0.15) is 4.98 Å². The number of anilines is 3. The highest BCUT2D eigenvalue weighted by molar-refractivity contribution is 5.79. The lowest BCUT2D eigenvalue weighted by molar-refractivity contribution is -0.146. The van der Waals surface area contributed by atoms with Crippen molar-refractivity contribution in [3.8, 4) is 0 Å². The Bertz CT molecular complexity index is 1470. The third-order valence-corrected chi connectivity index (χ3v) is 9.69. The van der Waals surface area contributed by atoms with Gasteiger partial charge in [0.15, 0.2) is 0 Å². The van der Waals surface area contributed by atoms with Gasteiger partial charge in [0.25, 0.3) is 0 Å². The highest BCUT2D eigenvalue weighted by atomic mass is 16.6. The van der Waals surface area contributed by atoms with Gasteiger partial charge in [0.2, 0.25) is 5.95 Å². The summed E-state index contributed by atoms with van der Waals surface area (Å²) < 4.78 is 23.9. The number of hydrogen-bond acceptors (Lipinski definition) is 13. The molecule has 2 aliphatic heterocycles. The lowest BCUT2D eigenvalue weighted by Crippen LogP contribution is -2.50. The van der Waals surface area contributed by atoms with Crippen molar-refractivity contribution in [3.05, 3.63) is 30.4 Å². The Labute approximate surface area is 290 Å². The van der Waals surface area contributed by atoms with Crippen LogP contribution in [0.1, 0.15) is 57.8 Å². The average Bonchev–Trinajstić information content (AvgIpc) is 3.45. The van der Waals surface area contributed by atoms with Crippen molar-refractivity contribution in [1.82, 2.24) is 34.3 Å². The summed E-state index contributed by atoms with van der Waals surface area (Å²) in [4.78, 5) is 37.1. The monoisotopic (exact) mass is 681 g/mol. The molecule has 2 fully saturated rings. The van der Waals surface area contributed by atoms with Gasteiger partial charge in [-0.15, -0.1) is 0 Å². The molecule has 3 aromatic rings. The van der Waals surface area contributed by atoms with Crippen molar-refractivity contribution in [3.63, 3.8) is 0 Å². The Kier molecular flexibility index (Phi) is 13.5. The zero-order valence-electron chi connectivity index (χ0n) is 30.0. The van der Waals surface area contributed by atoms with E-state index in [1.807, 2.05) is 38.6 Å². The molecule has 2 saturated heterocycles. The molecule has 0 radical (unpaired) electrons. The molecule has 270 valence electrons. The molecule has 3 aromatic heterocycles. The first-order valence-corrected chi connectivity index (χ1v) is 17.7. The molecule has 0 bridgehead atoms. The number of carbonyl (C=O) groups is 1. The van der Waals surface area contributed by atoms with E-state index in [2.05, 4.69) is 58.1 Å². The molecule has 14 heteroatoms. The third kappa shape index (κ3) is 10.3. The molecule has 0 spiro atoms. The summed E-state index contributed by atoms with van der Waals surface area (Å²) in [6.07, 6.45) is 8.33. The number of piperidine rings is 1. The number of nitrogens with one attached hydrogen (secondary N) is 1. The standard InChI is InChI=1S/C35H55N9O5/c1-27(2)44-28(3)38-29-25-37-32(24-30(29)44)39-31-8-12-36-34(40-31)43-15-10-35(47-5,11-16-43)9-14-42-19-17-41(18-20-42)13-6-21-48-22-7-23-49-26-33(45)46-4/h8,12,24-25,27H,6-7,9-11,13-23,26H2,1-5H3,(H,36,37,39,40). The number of methoxy groups -OCH3 is 2. The van der Waals surface area contributed by atoms with Crippen LogP contribution in [0.3, 0.4) is 0 Å². The van der Waals surface area contributed by atoms with Gasteiger partial charge in [-0.3, -0.25) is 0 Å². The SMILES string of the molecule is COC(=O)COCCCOCCCN1CCN(CCC2(OC)CCN(c3nccc(Nc4cc5c(cn4)nc(C)n5C(C)C)n3)CC2)CC1. The molecule has 0 unspecified atom stereocenters. The van der Waals surface area contributed by atoms with Crippen LogP contribution in [0.4, 0.5) is 17.6 Å². The van der Waals surface area contributed by atoms with E-state index in [0.717, 1.165) is 126 Å². The molecule has 0 aliphatic carbocycles. The number of piperazine rings is 1. The second kappa shape index (κ2) is 18.0. The summed E-state index contributed by atoms with van der Waals surface area (Å²) in [6, 6.07) is 4.23. The Morgan fingerprint density at radius 2 is 1.63 bits per heavy atom. The van der Waals surface area contributed by atoms with Crippen LogP contribution < -0.4 is 10.2 Å². The van der Waals surface area contributed by atoms with Gasteiger partial charge in [0, 0.05) is 97.6 Å². The van der Waals surface area contributed by atoms with Crippen molar-refractivity contribution < 1.29 is 23.7 Å². The number of aryl methyl sites for hydroxylation is 1. The van der Waals surface area contributed by atoms with Gasteiger partial charge in [0.1, 0.15) is 29.6 Å². The number of aromatic nitrogens is 5. The first-order valence-electron chi connectivity index (χ1n) is 17.7. The van der Waals surface area contributed by atoms with E-state index in [1.165, 1.54) is 7.11 Å². The fraction of sp³-hybridized carbons (Fsp3) is 0.686. The number of esters is 1. The summed E-state index contributed by atoms with van der Waals surface area (Å²) in [7, 11) is 3.22. The normalized spacial score (nSPS) is 17.2. The number of fused-ring (bicyclic) bond motifs is 1. The predicted molar refractivity (Wildman–Crippen MR) is 190 cm³/mol. The van der Waals surface area contributed by atoms with E-state index >= 15 is 0 Å². The lowest BCUT2D eigenvalue weighted by Gasteiger charge is -2.42. The average molecular weight is 682 g/mol. The van der Waals surface area contributed by atoms with Gasteiger partial charge in [-0.05, 0) is 58.9 Å². The number of pyridine rings is 1. The maximum absolute atomic E-state index is 11.0. The summed E-state index contributed by atoms with van der Waals surface area (Å²) in [5.41, 5.74) is 1.83. The predicted octanol–water partition coefficient (Wildman–Crippen LogP) is 3.83. The summed E-state index contributed by atoms with van der Waals surface area (Å²) >= 11 is 0. The number of ether oxygens (including phenoxy) is 4. The van der Waals surface area contributed by atoms with Crippen molar-refractivity contribution in [2.45, 2.75) is 64.5 Å². The van der Waals surface area contributed by atoms with Crippen LogP contribution in [-0.2, 0) is 23.7 Å². The molecule has 1 N–H and O–H groups in total. The fourth-order valence-electron chi connectivity index (χ4n) is 6.78. The van der Waals surface area contributed by atoms with E-state index < -0.39 is 0 Å². The molecule has 0 atom stereocenters. The van der Waals surface area contributed by atoms with Gasteiger partial charge >= 0.3 is 5.97 Å². The van der Waals surface area contributed by atoms with E-state index in [4.69, 9.17) is 19.2 Å². The molecule has 5 heterocycles. The minimum absolute atomic E-state index is 0.000845. The molecule has 49 heavy (non-hydrogen) atoms. The second-order valence-corrected chi connectivity index (χ2v) is 13.3. The van der Waals surface area contributed by atoms with E-state index in [0.29, 0.717) is 19.3 Å². The highest BCUT2D eigenvalue weighted by Gasteiger charge is 2.36. The zero-order chi connectivity index (χ0) is 34.6. The minimum Gasteiger partial charge on any atom is -0.467 e. The molecular weight excluding hydrogens is 626 g/mol. The van der Waals surface area contributed by atoms with Crippen LogP contribution in [0.15, 0.2) is 24.5 Å². The number of rotatable bonds is 18. The van der Waals surface area contributed by atoms with Crippen molar-refractivity contribution in [1.29, 1.82) is 0 Å². The third-order valence-electron chi connectivity index (χ3n) is 9.69. The number of nitrogens with zero attached hydrogens (tertiary/aromatic N) is 8. The highest BCUT2D eigenvalue weighted by Crippen LogP contribution is 2.32. The number of carbonyl (C=O) groups excluding carboxylic acids is 1. The largest absolute Gasteiger partial charge is 0.467 e. The minimum atomic E-state index is -0.350. The summed E-state index contributed by atoms with van der Waals surface area (Å²) in [5.74, 6) is 2.82. The van der Waals surface area contributed by atoms with Crippen LogP contribution >= 0.6 is 0 Å². The molecule has 14 nitrogen and oxygen atoms in total. The van der Waals surface area contributed by atoms with Gasteiger partial charge < -0.3 is 43.5 Å². The first-order chi connectivity index (χ1) is 23.8. The maximum atomic E-state index is 11.0. The van der Waals surface area contributed by atoms with Crippen LogP contribution in [0, 0.1) is 6.92 Å². The summed E-state index contributed by atoms with van der Waals surface area (Å²) in [6.45, 7) is 16.4. The zero-order valence-corrected chi connectivity index (χ0v) is 30.0. The molecule has 0 saturated carbocycles. The molecule has 5 rings (SSSR count). The molecule has 0 aromatic carbocycles. The van der Waals surface area contributed by atoms with E-state index in [-0.39, 0.29) is 18.2 Å². The van der Waals surface area contributed by atoms with Gasteiger partial charge in [0.05, 0.1) is 24.4 Å². The van der Waals surface area contributed by atoms with Crippen molar-refractivity contribution in [2.75, 3.05) is 103 Å². The first kappa shape index (κ1) is 36.8. The number of imidazole rings is 1. The number of hydrogen-bond donors (Lipinski definition) is 1. The molecule has 2 aliphatic rings. The van der Waals surface area contributed by atoms with Crippen molar-refractivity contribution in [2.24, 2.45) is 0 Å². The molecular formula is C35H55N9O5. The van der Waals surface area contributed by atoms with Crippen LogP contribution in [0.5, 0.6) is 0 Å². The van der Waals surface area contributed by atoms with Gasteiger partial charge in [-0.1, -0.05) is 0 Å². The van der Waals surface area contributed by atoms with Crippen LogP contribution in [-0.4, -0.2) is 139 Å². The smallest absolute Gasteiger partial charge is 0.331 e. The maximum Gasteiger partial charge on any atom is 0.331 e. The summed E-state index contributed by atoms with van der Waals surface area (Å²) in [5, 5.41) is 3.38. The lowest BCUT2D eigenvalue weighted by atomic mass is 9.87. The Morgan fingerprint density at radius 1 is 0.918 bits per heavy atom. The van der Waals surface area contributed by atoms with E-state index in [1.54, 1.807) is 0 Å². The van der Waals surface area contributed by atoms with Crippen LogP contribution in [0.25, 0.3) is 11.0 Å². The Morgan fingerprint density at radius 3 is 2.35 bits per heavy atom. The fourth-order valence-corrected chi connectivity index (χ4v) is 6.78. The Hall–Kier alpha value is -3.43. The van der Waals surface area contributed by atoms with E-state index in [9.17, 15) is 4.79 Å². The molecule has 0 amide bonds. The Balaban J connectivity index is 1.00. The topological polar surface area (TPSA) is 132 Å². The quantitative estimate of drug-likeness (QED) is 0.154. The van der Waals surface area contributed by atoms with Gasteiger partial charge in [-0.25, -0.2) is 19.7 Å². The van der Waals surface area contributed by atoms with Crippen molar-refractivity contribution >= 4 is 34.6 Å².